The lowest BCUT2D eigenvalue weighted by molar-refractivity contribution is -0.212. The SMILES string of the molecule is C=CC(C)(C)c1c(O)cc(O)c2c1O[C@]13[C@H](C2=O)[C@@H](OC)[C@@H]2C[C@H]1C(C)(C)O[C@@]3(/C=C/C(C)(C)O)C2=O. The molecule has 0 unspecified atom stereocenters. The summed E-state index contributed by atoms with van der Waals surface area (Å²) < 4.78 is 19.3. The normalized spacial score (nSPS) is 35.9. The smallest absolute Gasteiger partial charge is 0.186 e. The topological polar surface area (TPSA) is 123 Å². The minimum Gasteiger partial charge on any atom is -0.507 e. The first-order valence-corrected chi connectivity index (χ1v) is 12.7. The van der Waals surface area contributed by atoms with Crippen LogP contribution in [0.15, 0.2) is 30.9 Å². The molecule has 4 fully saturated rings. The first-order chi connectivity index (χ1) is 17.0. The van der Waals surface area contributed by atoms with Crippen LogP contribution in [0, 0.1) is 17.8 Å². The molecule has 6 atom stereocenters. The van der Waals surface area contributed by atoms with E-state index in [1.807, 2.05) is 27.7 Å². The van der Waals surface area contributed by atoms with Crippen molar-refractivity contribution in [1.29, 1.82) is 0 Å². The number of rotatable bonds is 5. The highest BCUT2D eigenvalue weighted by Gasteiger charge is 2.85. The first-order valence-electron chi connectivity index (χ1n) is 12.7. The third-order valence-electron chi connectivity index (χ3n) is 8.93. The largest absolute Gasteiger partial charge is 0.507 e. The zero-order valence-corrected chi connectivity index (χ0v) is 22.4. The Labute approximate surface area is 216 Å². The van der Waals surface area contributed by atoms with Crippen molar-refractivity contribution in [2.24, 2.45) is 17.8 Å². The molecule has 2 heterocycles. The Hall–Kier alpha value is -2.68. The number of hydrogen-bond acceptors (Lipinski definition) is 8. The van der Waals surface area contributed by atoms with E-state index in [4.69, 9.17) is 14.2 Å². The molecule has 1 aromatic carbocycles. The Bertz CT molecular complexity index is 1250. The first kappa shape index (κ1) is 25.9. The van der Waals surface area contributed by atoms with Crippen LogP contribution in [-0.2, 0) is 19.7 Å². The van der Waals surface area contributed by atoms with E-state index >= 15 is 0 Å². The van der Waals surface area contributed by atoms with Crippen LogP contribution in [0.5, 0.6) is 17.2 Å². The summed E-state index contributed by atoms with van der Waals surface area (Å²) in [6.45, 7) is 14.4. The van der Waals surface area contributed by atoms with Gasteiger partial charge >= 0.3 is 0 Å². The lowest BCUT2D eigenvalue weighted by Crippen LogP contribution is -2.80. The standard InChI is InChI=1S/C29H36O8/c1-9-25(2,3)19-16(31)13-15(30)18-21(32)20-22(35-8)14-12-17-27(6,7)37-28(24(14)33,11-10-26(4,5)34)29(17,20)36-23(18)19/h9-11,13-14,17,20,22,30-31,34H,1,12H2,2-8H3/b11-10+/t14-,17-,20+,22-,28-,29-/m0/s1. The molecule has 8 nitrogen and oxygen atoms in total. The summed E-state index contributed by atoms with van der Waals surface area (Å²) in [6.07, 6.45) is 4.25. The number of methoxy groups -OCH3 is 1. The molecule has 3 N–H and O–H groups in total. The van der Waals surface area contributed by atoms with Gasteiger partial charge in [0.15, 0.2) is 22.8 Å². The molecule has 3 aliphatic carbocycles. The minimum atomic E-state index is -1.70. The number of carbonyl (C=O) groups is 2. The summed E-state index contributed by atoms with van der Waals surface area (Å²) in [5.74, 6) is -3.39. The van der Waals surface area contributed by atoms with Crippen LogP contribution in [0.1, 0.15) is 63.9 Å². The van der Waals surface area contributed by atoms with E-state index in [-0.39, 0.29) is 28.4 Å². The van der Waals surface area contributed by atoms with Gasteiger partial charge in [0.25, 0.3) is 0 Å². The number of allylic oxidation sites excluding steroid dienone is 1. The second kappa shape index (κ2) is 7.46. The molecule has 6 rings (SSSR count). The van der Waals surface area contributed by atoms with Gasteiger partial charge in [-0.15, -0.1) is 6.58 Å². The van der Waals surface area contributed by atoms with Gasteiger partial charge in [-0.05, 0) is 40.2 Å². The zero-order valence-electron chi connectivity index (χ0n) is 22.4. The fourth-order valence-electron chi connectivity index (χ4n) is 7.33. The van der Waals surface area contributed by atoms with Gasteiger partial charge in [0.2, 0.25) is 0 Å². The summed E-state index contributed by atoms with van der Waals surface area (Å²) >= 11 is 0. The summed E-state index contributed by atoms with van der Waals surface area (Å²) in [5, 5.41) is 32.4. The number of carbonyl (C=O) groups excluding carboxylic acids is 2. The van der Waals surface area contributed by atoms with E-state index < -0.39 is 63.2 Å². The molecule has 8 heteroatoms. The highest BCUT2D eigenvalue weighted by Crippen LogP contribution is 2.70. The Balaban J connectivity index is 1.90. The Morgan fingerprint density at radius 1 is 1.16 bits per heavy atom. The molecule has 4 bridgehead atoms. The van der Waals surface area contributed by atoms with Crippen molar-refractivity contribution in [3.05, 3.63) is 42.0 Å². The van der Waals surface area contributed by atoms with Crippen molar-refractivity contribution in [1.82, 2.24) is 0 Å². The molecule has 5 aliphatic rings. The molecular weight excluding hydrogens is 476 g/mol. The van der Waals surface area contributed by atoms with E-state index in [1.165, 1.54) is 13.2 Å². The summed E-state index contributed by atoms with van der Waals surface area (Å²) in [6, 6.07) is 1.14. The van der Waals surface area contributed by atoms with E-state index in [0.29, 0.717) is 6.42 Å². The molecule has 2 aliphatic heterocycles. The van der Waals surface area contributed by atoms with Crippen molar-refractivity contribution in [2.45, 2.75) is 81.9 Å². The number of phenolic OH excluding ortho intramolecular Hbond substituents is 2. The molecule has 0 radical (unpaired) electrons. The lowest BCUT2D eigenvalue weighted by atomic mass is 9.46. The zero-order chi connectivity index (χ0) is 27.5. The molecule has 0 aromatic heterocycles. The van der Waals surface area contributed by atoms with Crippen molar-refractivity contribution in [3.63, 3.8) is 0 Å². The Morgan fingerprint density at radius 3 is 2.38 bits per heavy atom. The molecule has 0 amide bonds. The molecule has 200 valence electrons. The van der Waals surface area contributed by atoms with Gasteiger partial charge in [0, 0.05) is 36.0 Å². The summed E-state index contributed by atoms with van der Waals surface area (Å²) in [5.41, 5.74) is -6.02. The lowest BCUT2D eigenvalue weighted by Gasteiger charge is -2.62. The predicted molar refractivity (Wildman–Crippen MR) is 135 cm³/mol. The quantitative estimate of drug-likeness (QED) is 0.512. The van der Waals surface area contributed by atoms with Crippen LogP contribution in [0.25, 0.3) is 0 Å². The number of phenols is 2. The van der Waals surface area contributed by atoms with Crippen LogP contribution in [0.3, 0.4) is 0 Å². The van der Waals surface area contributed by atoms with Gasteiger partial charge in [0.1, 0.15) is 22.8 Å². The van der Waals surface area contributed by atoms with Crippen LogP contribution in [0.4, 0.5) is 0 Å². The second-order valence-corrected chi connectivity index (χ2v) is 12.5. The number of aliphatic hydroxyl groups is 1. The predicted octanol–water partition coefficient (Wildman–Crippen LogP) is 3.60. The number of Topliss-reactive ketones (excluding diaryl/α,β-unsaturated/α-hetero) is 2. The Morgan fingerprint density at radius 2 is 1.81 bits per heavy atom. The second-order valence-electron chi connectivity index (χ2n) is 12.5. The molecule has 1 aromatic rings. The molecule has 1 spiro atoms. The maximum atomic E-state index is 14.4. The van der Waals surface area contributed by atoms with Gasteiger partial charge in [-0.2, -0.15) is 0 Å². The third kappa shape index (κ3) is 3.06. The highest BCUT2D eigenvalue weighted by molar-refractivity contribution is 6.10. The maximum absolute atomic E-state index is 14.4. The number of ether oxygens (including phenoxy) is 3. The summed E-state index contributed by atoms with van der Waals surface area (Å²) in [7, 11) is 1.46. The van der Waals surface area contributed by atoms with Gasteiger partial charge in [-0.1, -0.05) is 26.0 Å². The van der Waals surface area contributed by atoms with Crippen molar-refractivity contribution in [3.8, 4) is 17.2 Å². The highest BCUT2D eigenvalue weighted by atomic mass is 16.6. The van der Waals surface area contributed by atoms with E-state index in [2.05, 4.69) is 6.58 Å². The van der Waals surface area contributed by atoms with Gasteiger partial charge in [-0.25, -0.2) is 0 Å². The number of hydrogen-bond donors (Lipinski definition) is 3. The van der Waals surface area contributed by atoms with Gasteiger partial charge in [-0.3, -0.25) is 9.59 Å². The fourth-order valence-corrected chi connectivity index (χ4v) is 7.33. The van der Waals surface area contributed by atoms with Crippen molar-refractivity contribution in [2.75, 3.05) is 7.11 Å². The minimum absolute atomic E-state index is 0.0130. The third-order valence-corrected chi connectivity index (χ3v) is 8.93. The molecule has 37 heavy (non-hydrogen) atoms. The number of fused-ring (bicyclic) bond motifs is 1. The molecule has 3 saturated carbocycles. The molecule has 1 saturated heterocycles. The van der Waals surface area contributed by atoms with Gasteiger partial charge in [0.05, 0.1) is 23.2 Å². The molecular formula is C29H36O8. The number of benzene rings is 1. The van der Waals surface area contributed by atoms with Crippen LogP contribution in [-0.4, -0.2) is 62.5 Å². The number of aromatic hydroxyl groups is 2. The van der Waals surface area contributed by atoms with Crippen LogP contribution >= 0.6 is 0 Å². The van der Waals surface area contributed by atoms with E-state index in [9.17, 15) is 24.9 Å². The van der Waals surface area contributed by atoms with E-state index in [0.717, 1.165) is 6.07 Å². The van der Waals surface area contributed by atoms with Crippen LogP contribution in [0.2, 0.25) is 0 Å². The van der Waals surface area contributed by atoms with Gasteiger partial charge < -0.3 is 29.5 Å². The van der Waals surface area contributed by atoms with Crippen LogP contribution < -0.4 is 4.74 Å². The Kier molecular flexibility index (Phi) is 5.23. The monoisotopic (exact) mass is 512 g/mol. The summed E-state index contributed by atoms with van der Waals surface area (Å²) in [4.78, 5) is 28.7. The van der Waals surface area contributed by atoms with Crippen molar-refractivity contribution >= 4 is 11.6 Å². The van der Waals surface area contributed by atoms with E-state index in [1.54, 1.807) is 26.0 Å². The average molecular weight is 513 g/mol. The fraction of sp³-hybridized carbons (Fsp3) is 0.586. The number of ketones is 2. The average Bonchev–Trinajstić information content (AvgIpc) is 2.92. The maximum Gasteiger partial charge on any atom is 0.186 e. The van der Waals surface area contributed by atoms with Crippen molar-refractivity contribution < 1.29 is 39.1 Å².